The third kappa shape index (κ3) is 6.58. The number of carbonyl (C=O) groups is 6. The Morgan fingerprint density at radius 2 is 1.02 bits per heavy atom. The molecule has 3 aromatic rings. The molecule has 0 aromatic heterocycles. The second-order valence-electron chi connectivity index (χ2n) is 23.5. The molecule has 84 heavy (non-hydrogen) atoms. The van der Waals surface area contributed by atoms with Crippen molar-refractivity contribution in [1.82, 2.24) is 29.4 Å². The topological polar surface area (TPSA) is 249 Å². The van der Waals surface area contributed by atoms with Crippen LogP contribution >= 0.6 is 53.4 Å². The van der Waals surface area contributed by atoms with Gasteiger partial charge in [-0.15, -0.1) is 0 Å². The molecule has 5 unspecified atom stereocenters. The Labute approximate surface area is 523 Å². The lowest BCUT2D eigenvalue weighted by Crippen LogP contribution is -2.73. The summed E-state index contributed by atoms with van der Waals surface area (Å²) < 4.78 is 35.0. The number of hydrogen-bond acceptors (Lipinski definition) is 19. The average molecular weight is 1400 g/mol. The maximum Gasteiger partial charge on any atom is 0.261 e. The number of hydrogen-bond donors (Lipinski definition) is 0. The predicted octanol–water partition coefficient (Wildman–Crippen LogP) is 6.41. The Bertz CT molecular complexity index is 3920. The van der Waals surface area contributed by atoms with E-state index < -0.39 is 82.5 Å². The van der Waals surface area contributed by atoms with Crippen molar-refractivity contribution in [2.45, 2.75) is 108 Å². The van der Waals surface area contributed by atoms with Crippen molar-refractivity contribution in [1.29, 1.82) is 15.8 Å². The van der Waals surface area contributed by atoms with Crippen LogP contribution in [0, 0.1) is 50.2 Å². The Morgan fingerprint density at radius 1 is 0.560 bits per heavy atom. The number of rotatable bonds is 3. The molecule has 0 radical (unpaired) electrons. The van der Waals surface area contributed by atoms with E-state index in [-0.39, 0.29) is 75.1 Å². The molecule has 16 rings (SSSR count). The predicted molar refractivity (Wildman–Crippen MR) is 321 cm³/mol. The van der Waals surface area contributed by atoms with Gasteiger partial charge in [0.15, 0.2) is 63.7 Å². The van der Waals surface area contributed by atoms with Crippen LogP contribution in [0.25, 0.3) is 0 Å². The van der Waals surface area contributed by atoms with E-state index in [0.29, 0.717) is 54.6 Å². The highest BCUT2D eigenvalue weighted by molar-refractivity contribution is 9.10. The third-order valence-corrected chi connectivity index (χ3v) is 34.1. The molecule has 13 aliphatic rings. The van der Waals surface area contributed by atoms with E-state index in [4.69, 9.17) is 50.8 Å². The second kappa shape index (κ2) is 18.4. The monoisotopic (exact) mass is 1400 g/mol. The molecule has 30 heteroatoms. The van der Waals surface area contributed by atoms with Gasteiger partial charge in [0.2, 0.25) is 20.4 Å². The highest BCUT2D eigenvalue weighted by atomic mass is 79.9. The number of nitrogens with zero attached hydrogens (tertiary/aromatic N) is 9. The maximum absolute atomic E-state index is 13.8. The van der Waals surface area contributed by atoms with Gasteiger partial charge in [0, 0.05) is 66.0 Å². The molecule has 0 saturated carbocycles. The summed E-state index contributed by atoms with van der Waals surface area (Å²) in [5.74, 6) is 2.31. The lowest BCUT2D eigenvalue weighted by atomic mass is 9.79. The highest BCUT2D eigenvalue weighted by Gasteiger charge is 2.83. The van der Waals surface area contributed by atoms with Gasteiger partial charge in [0.05, 0.1) is 52.6 Å². The third-order valence-electron chi connectivity index (χ3n) is 19.1. The summed E-state index contributed by atoms with van der Waals surface area (Å²) >= 11 is 18.3. The zero-order chi connectivity index (χ0) is 60.3. The van der Waals surface area contributed by atoms with Crippen LogP contribution in [0.4, 0.5) is 0 Å². The minimum atomic E-state index is -1.17. The van der Waals surface area contributed by atoms with Crippen molar-refractivity contribution < 1.29 is 57.2 Å². The molecule has 6 bridgehead atoms. The Morgan fingerprint density at radius 3 is 1.56 bits per heavy atom. The number of halogens is 2. The summed E-state index contributed by atoms with van der Waals surface area (Å²) in [6.45, 7) is 10.9. The van der Waals surface area contributed by atoms with Crippen LogP contribution in [0.3, 0.4) is 0 Å². The van der Waals surface area contributed by atoms with Crippen LogP contribution in [-0.2, 0) is 78.9 Å². The molecular formula is C54H49Br2N9O12S7. The second-order valence-corrected chi connectivity index (χ2v) is 35.8. The summed E-state index contributed by atoms with van der Waals surface area (Å²) in [4.78, 5) is 84.0. The standard InChI is InChI=1S/C18H16BrN3O4S3.C18H16BrN3O4S2.C18H17N3O4S2/c1-16(7-20)6-18-15(24)21(3)17(2,29(18)28-27)14(23)22(18)13(16)11-9(19)4-5-10-12(11)26-8-25-10;1-16(7-20)6-18-15(24)21(3)17(2,28(18)27)14(23)22(18)13(16)11-9(19)4-5-10-12(11)26-8-25-10;1-16(8-19)7-18-15(23)20(3)17(2,26-27-18)14(22)21(18)13(16)10-5-4-6-11-12(10)25-9-24-11/h4-5,13H,6,8H2,1-3H3;4-5,13H,6,8H2,1-3H3;4-6,13H,7,9H2,1-3H3/t13-,16+,17?,18+,29?;13-,16+,17+,18+,28?;13-,16+,17?,18?/m000/s1. The van der Waals surface area contributed by atoms with E-state index in [0.717, 1.165) is 14.4 Å². The highest BCUT2D eigenvalue weighted by Crippen LogP contribution is 2.72. The van der Waals surface area contributed by atoms with Crippen LogP contribution in [0.2, 0.25) is 0 Å². The first-order chi connectivity index (χ1) is 39.6. The summed E-state index contributed by atoms with van der Waals surface area (Å²) in [6.07, 6.45) is 0.707. The number of carbonyl (C=O) groups excluding carboxylic acids is 6. The molecule has 3 aromatic carbocycles. The first-order valence-electron chi connectivity index (χ1n) is 26.1. The van der Waals surface area contributed by atoms with Gasteiger partial charge in [-0.25, -0.2) is 0 Å². The molecule has 14 atom stereocenters. The fraction of sp³-hybridized carbons (Fsp3) is 0.500. The van der Waals surface area contributed by atoms with E-state index in [1.54, 1.807) is 88.7 Å². The first kappa shape index (κ1) is 57.8. The summed E-state index contributed by atoms with van der Waals surface area (Å²) in [7, 11) is 7.11. The van der Waals surface area contributed by atoms with Crippen LogP contribution in [0.15, 0.2) is 51.4 Å². The van der Waals surface area contributed by atoms with Gasteiger partial charge >= 0.3 is 0 Å². The largest absolute Gasteiger partial charge is 0.454 e. The van der Waals surface area contributed by atoms with E-state index >= 15 is 0 Å². The van der Waals surface area contributed by atoms with Gasteiger partial charge in [0.25, 0.3) is 35.4 Å². The van der Waals surface area contributed by atoms with E-state index in [1.165, 1.54) is 36.3 Å². The minimum Gasteiger partial charge on any atom is -0.454 e. The fourth-order valence-electron chi connectivity index (χ4n) is 14.7. The summed E-state index contributed by atoms with van der Waals surface area (Å²) in [5.41, 5.74) is -0.905. The van der Waals surface area contributed by atoms with Gasteiger partial charge < -0.3 is 57.8 Å². The number of fused-ring (bicyclic) bond motifs is 7. The fourth-order valence-corrected chi connectivity index (χ4v) is 29.5. The minimum absolute atomic E-state index is 0.0681. The number of likely N-dealkylation sites (N-methyl/N-ethyl adjacent to an activating group) is 3. The van der Waals surface area contributed by atoms with Crippen LogP contribution < -0.4 is 28.4 Å². The van der Waals surface area contributed by atoms with Crippen molar-refractivity contribution in [3.05, 3.63) is 68.1 Å². The van der Waals surface area contributed by atoms with E-state index in [1.807, 2.05) is 31.2 Å². The molecule has 10 fully saturated rings. The zero-order valence-corrected chi connectivity index (χ0v) is 54.9. The first-order valence-corrected chi connectivity index (χ1v) is 35.5. The number of piperazine rings is 3. The van der Waals surface area contributed by atoms with Gasteiger partial charge in [-0.05, 0) is 113 Å². The molecular weight excluding hydrogens is 1350 g/mol. The molecule has 3 spiro atoms. The number of benzene rings is 3. The average Bonchev–Trinajstić information content (AvgIpc) is 1.49. The Hall–Kier alpha value is -5.23. The van der Waals surface area contributed by atoms with Crippen molar-refractivity contribution in [3.8, 4) is 52.7 Å². The Kier molecular flexibility index (Phi) is 12.7. The van der Waals surface area contributed by atoms with E-state index in [2.05, 4.69) is 50.1 Å². The van der Waals surface area contributed by atoms with Gasteiger partial charge in [-0.1, -0.05) is 75.0 Å². The van der Waals surface area contributed by atoms with E-state index in [9.17, 15) is 44.6 Å². The Balaban J connectivity index is 0.000000118. The van der Waals surface area contributed by atoms with Gasteiger partial charge in [0.1, 0.15) is 0 Å². The molecule has 438 valence electrons. The zero-order valence-electron chi connectivity index (χ0n) is 46.1. The molecule has 13 heterocycles. The van der Waals surface area contributed by atoms with Crippen molar-refractivity contribution in [2.24, 2.45) is 16.2 Å². The van der Waals surface area contributed by atoms with Crippen LogP contribution in [0.1, 0.15) is 95.6 Å². The lowest BCUT2D eigenvalue weighted by molar-refractivity contribution is -0.164. The quantitative estimate of drug-likeness (QED) is 0.257. The van der Waals surface area contributed by atoms with Crippen LogP contribution in [0.5, 0.6) is 34.5 Å². The number of ether oxygens (including phenoxy) is 6. The van der Waals surface area contributed by atoms with Gasteiger partial charge in [-0.2, -0.15) is 15.8 Å². The summed E-state index contributed by atoms with van der Waals surface area (Å²) in [5, 5.41) is 30.4. The summed E-state index contributed by atoms with van der Waals surface area (Å²) in [6, 6.07) is 17.9. The smallest absolute Gasteiger partial charge is 0.261 e. The molecule has 0 aliphatic carbocycles. The van der Waals surface area contributed by atoms with Crippen molar-refractivity contribution in [3.63, 3.8) is 0 Å². The lowest BCUT2D eigenvalue weighted by Gasteiger charge is -2.57. The molecule has 6 amide bonds. The number of nitriles is 3. The number of amides is 6. The van der Waals surface area contributed by atoms with Crippen molar-refractivity contribution in [2.75, 3.05) is 41.5 Å². The molecule has 21 nitrogen and oxygen atoms in total. The number of para-hydroxylation sites is 1. The SMILES string of the molecule is CN1C(=O)C23C[C@](C)(C#N)[C@H](c4cccc5c4OCO5)N2C(=O)C1(C)SS3.CN1C(=O)[C@]23C[C@](C)(C#N)[C@H](c4c(Br)ccc5c4OCO5)N2C(=O)C1(C)S3=S=S.CN1C(=O)[C@]23C[C@](C)(C#N)[C@H](c4c(Br)ccc5c4OCO5)N2C(=O)[C@@]1(C)S3=S. The normalized spacial score (nSPS) is 39.5. The molecule has 10 saturated heterocycles. The molecule has 0 N–H and O–H groups in total. The maximum atomic E-state index is 13.8. The van der Waals surface area contributed by atoms with Gasteiger partial charge in [-0.3, -0.25) is 28.8 Å². The van der Waals surface area contributed by atoms with Crippen LogP contribution in [-0.4, -0.2) is 136 Å². The van der Waals surface area contributed by atoms with Crippen molar-refractivity contribution >= 4 is 139 Å². The molecule has 13 aliphatic heterocycles.